The molecule has 1 aromatic rings. The Morgan fingerprint density at radius 1 is 1.44 bits per heavy atom. The molecule has 1 heterocycles. The van der Waals surface area contributed by atoms with Crippen molar-refractivity contribution < 1.29 is 9.13 Å². The van der Waals surface area contributed by atoms with Crippen LogP contribution in [-0.4, -0.2) is 23.7 Å². The average Bonchev–Trinajstić information content (AvgIpc) is 2.73. The average molecular weight is 317 g/mol. The van der Waals surface area contributed by atoms with E-state index in [0.717, 1.165) is 12.1 Å². The van der Waals surface area contributed by atoms with Crippen LogP contribution in [0.4, 0.5) is 10.1 Å². The van der Waals surface area contributed by atoms with Crippen molar-refractivity contribution in [3.8, 4) is 0 Å². The first-order chi connectivity index (χ1) is 8.29. The van der Waals surface area contributed by atoms with E-state index in [1.165, 1.54) is 6.07 Å². The zero-order chi connectivity index (χ0) is 13.5. The molecule has 18 heavy (non-hydrogen) atoms. The molecule has 1 atom stereocenters. The summed E-state index contributed by atoms with van der Waals surface area (Å²) < 4.78 is 19.9. The van der Waals surface area contributed by atoms with E-state index in [4.69, 9.17) is 10.5 Å². The fourth-order valence-corrected chi connectivity index (χ4v) is 2.40. The zero-order valence-corrected chi connectivity index (χ0v) is 12.4. The monoisotopic (exact) mass is 316 g/mol. The highest BCUT2D eigenvalue weighted by molar-refractivity contribution is 9.10. The Labute approximate surface area is 115 Å². The van der Waals surface area contributed by atoms with E-state index in [1.807, 2.05) is 6.07 Å². The van der Waals surface area contributed by atoms with E-state index < -0.39 is 5.82 Å². The minimum Gasteiger partial charge on any atom is -0.395 e. The minimum absolute atomic E-state index is 0.0539. The summed E-state index contributed by atoms with van der Waals surface area (Å²) in [5.41, 5.74) is 6.59. The normalized spacial score (nSPS) is 21.5. The molecular formula is C13H18BrFN2O. The molecule has 1 aromatic carbocycles. The van der Waals surface area contributed by atoms with E-state index in [2.05, 4.69) is 41.6 Å². The molecule has 1 aliphatic rings. The van der Waals surface area contributed by atoms with Crippen molar-refractivity contribution in [2.75, 3.05) is 19.0 Å². The SMILES string of the molecule is CC(C)(C)N1COC(c2cc(F)c(N)c(Br)c2)C1. The van der Waals surface area contributed by atoms with Crippen LogP contribution in [0.2, 0.25) is 0 Å². The Morgan fingerprint density at radius 3 is 2.61 bits per heavy atom. The quantitative estimate of drug-likeness (QED) is 0.808. The Hall–Kier alpha value is -0.650. The molecule has 3 nitrogen and oxygen atoms in total. The molecule has 1 unspecified atom stereocenters. The summed E-state index contributed by atoms with van der Waals surface area (Å²) in [6.45, 7) is 7.74. The Morgan fingerprint density at radius 2 is 2.11 bits per heavy atom. The summed E-state index contributed by atoms with van der Waals surface area (Å²) in [4.78, 5) is 2.22. The maximum absolute atomic E-state index is 13.6. The molecule has 5 heteroatoms. The first kappa shape index (κ1) is 13.8. The maximum atomic E-state index is 13.6. The third-order valence-electron chi connectivity index (χ3n) is 3.24. The van der Waals surface area contributed by atoms with Gasteiger partial charge in [-0.1, -0.05) is 0 Å². The van der Waals surface area contributed by atoms with Crippen molar-refractivity contribution in [3.63, 3.8) is 0 Å². The van der Waals surface area contributed by atoms with Gasteiger partial charge in [-0.2, -0.15) is 0 Å². The smallest absolute Gasteiger partial charge is 0.147 e. The van der Waals surface area contributed by atoms with Crippen LogP contribution in [0.25, 0.3) is 0 Å². The molecule has 0 radical (unpaired) electrons. The van der Waals surface area contributed by atoms with E-state index in [9.17, 15) is 4.39 Å². The van der Waals surface area contributed by atoms with E-state index >= 15 is 0 Å². The molecule has 2 rings (SSSR count). The van der Waals surface area contributed by atoms with Gasteiger partial charge < -0.3 is 10.5 Å². The van der Waals surface area contributed by atoms with Crippen LogP contribution in [0.15, 0.2) is 16.6 Å². The Kier molecular flexibility index (Phi) is 3.67. The molecule has 2 N–H and O–H groups in total. The van der Waals surface area contributed by atoms with Crippen molar-refractivity contribution in [1.82, 2.24) is 4.90 Å². The minimum atomic E-state index is -0.405. The molecule has 1 fully saturated rings. The second kappa shape index (κ2) is 4.79. The number of nitrogen functional groups attached to an aromatic ring is 1. The molecule has 0 bridgehead atoms. The fraction of sp³-hybridized carbons (Fsp3) is 0.538. The molecule has 0 aromatic heterocycles. The van der Waals surface area contributed by atoms with Gasteiger partial charge in [-0.05, 0) is 54.4 Å². The van der Waals surface area contributed by atoms with E-state index in [1.54, 1.807) is 0 Å². The third kappa shape index (κ3) is 2.68. The predicted octanol–water partition coefficient (Wildman–Crippen LogP) is 3.30. The molecule has 100 valence electrons. The highest BCUT2D eigenvalue weighted by Crippen LogP contribution is 2.33. The number of nitrogens with two attached hydrogens (primary N) is 1. The molecule has 1 aliphatic heterocycles. The van der Waals surface area contributed by atoms with Gasteiger partial charge in [-0.25, -0.2) is 4.39 Å². The van der Waals surface area contributed by atoms with Crippen LogP contribution in [0.1, 0.15) is 32.4 Å². The van der Waals surface area contributed by atoms with Gasteiger partial charge in [0.25, 0.3) is 0 Å². The predicted molar refractivity (Wildman–Crippen MR) is 73.7 cm³/mol. The maximum Gasteiger partial charge on any atom is 0.147 e. The van der Waals surface area contributed by atoms with Gasteiger partial charge in [0.15, 0.2) is 0 Å². The van der Waals surface area contributed by atoms with Gasteiger partial charge in [0.2, 0.25) is 0 Å². The van der Waals surface area contributed by atoms with Crippen molar-refractivity contribution in [2.24, 2.45) is 0 Å². The number of hydrogen-bond acceptors (Lipinski definition) is 3. The van der Waals surface area contributed by atoms with Gasteiger partial charge in [0.05, 0.1) is 11.8 Å². The first-order valence-corrected chi connectivity index (χ1v) is 6.69. The number of anilines is 1. The van der Waals surface area contributed by atoms with Crippen LogP contribution in [0.3, 0.4) is 0 Å². The van der Waals surface area contributed by atoms with Crippen LogP contribution >= 0.6 is 15.9 Å². The summed E-state index contributed by atoms with van der Waals surface area (Å²) in [7, 11) is 0. The molecule has 1 saturated heterocycles. The number of ether oxygens (including phenoxy) is 1. The number of nitrogens with zero attached hydrogens (tertiary/aromatic N) is 1. The second-order valence-corrected chi connectivity index (χ2v) is 6.43. The van der Waals surface area contributed by atoms with Crippen molar-refractivity contribution in [1.29, 1.82) is 0 Å². The van der Waals surface area contributed by atoms with E-state index in [-0.39, 0.29) is 17.3 Å². The Balaban J connectivity index is 2.20. The largest absolute Gasteiger partial charge is 0.395 e. The van der Waals surface area contributed by atoms with Gasteiger partial charge >= 0.3 is 0 Å². The zero-order valence-electron chi connectivity index (χ0n) is 10.8. The third-order valence-corrected chi connectivity index (χ3v) is 3.90. The number of hydrogen-bond donors (Lipinski definition) is 1. The van der Waals surface area contributed by atoms with Crippen molar-refractivity contribution >= 4 is 21.6 Å². The topological polar surface area (TPSA) is 38.5 Å². The summed E-state index contributed by atoms with van der Waals surface area (Å²) in [6, 6.07) is 3.28. The van der Waals surface area contributed by atoms with Crippen molar-refractivity contribution in [3.05, 3.63) is 28.0 Å². The Bertz CT molecular complexity index is 436. The molecule has 0 saturated carbocycles. The van der Waals surface area contributed by atoms with Crippen molar-refractivity contribution in [2.45, 2.75) is 32.4 Å². The fourth-order valence-electron chi connectivity index (χ4n) is 1.94. The van der Waals surface area contributed by atoms with Gasteiger partial charge in [0, 0.05) is 16.6 Å². The lowest BCUT2D eigenvalue weighted by molar-refractivity contribution is 0.0606. The lowest BCUT2D eigenvalue weighted by Crippen LogP contribution is -2.39. The van der Waals surface area contributed by atoms with Crippen LogP contribution < -0.4 is 5.73 Å². The highest BCUT2D eigenvalue weighted by Gasteiger charge is 2.32. The number of rotatable bonds is 1. The van der Waals surface area contributed by atoms with Gasteiger partial charge in [-0.3, -0.25) is 4.90 Å². The summed E-state index contributed by atoms with van der Waals surface area (Å²) >= 11 is 3.26. The summed E-state index contributed by atoms with van der Waals surface area (Å²) in [5.74, 6) is -0.405. The highest BCUT2D eigenvalue weighted by atomic mass is 79.9. The number of halogens is 2. The second-order valence-electron chi connectivity index (χ2n) is 5.58. The van der Waals surface area contributed by atoms with Crippen LogP contribution in [-0.2, 0) is 4.74 Å². The standard InChI is InChI=1S/C13H18BrFN2O/c1-13(2,3)17-6-11(18-7-17)8-4-9(14)12(16)10(15)5-8/h4-5,11H,6-7,16H2,1-3H3. The molecular weight excluding hydrogens is 299 g/mol. The lowest BCUT2D eigenvalue weighted by Gasteiger charge is -2.29. The number of benzene rings is 1. The van der Waals surface area contributed by atoms with Gasteiger partial charge in [0.1, 0.15) is 12.5 Å². The lowest BCUT2D eigenvalue weighted by atomic mass is 10.0. The molecule has 0 spiro atoms. The van der Waals surface area contributed by atoms with E-state index in [0.29, 0.717) is 11.2 Å². The van der Waals surface area contributed by atoms with Gasteiger partial charge in [-0.15, -0.1) is 0 Å². The molecule has 0 amide bonds. The van der Waals surface area contributed by atoms with Crippen LogP contribution in [0, 0.1) is 5.82 Å². The first-order valence-electron chi connectivity index (χ1n) is 5.90. The summed E-state index contributed by atoms with van der Waals surface area (Å²) in [5, 5.41) is 0. The van der Waals surface area contributed by atoms with Crippen LogP contribution in [0.5, 0.6) is 0 Å². The summed E-state index contributed by atoms with van der Waals surface area (Å²) in [6.07, 6.45) is -0.101. The molecule has 0 aliphatic carbocycles.